The Morgan fingerprint density at radius 3 is 2.56 bits per heavy atom. The first-order chi connectivity index (χ1) is 11.7. The fraction of sp³-hybridized carbons (Fsp3) is 0.667. The van der Waals surface area contributed by atoms with Crippen LogP contribution in [0.15, 0.2) is 12.1 Å². The Labute approximate surface area is 149 Å². The van der Waals surface area contributed by atoms with Crippen LogP contribution in [0.2, 0.25) is 0 Å². The van der Waals surface area contributed by atoms with Gasteiger partial charge in [-0.2, -0.15) is 0 Å². The molecule has 0 radical (unpaired) electrons. The van der Waals surface area contributed by atoms with Gasteiger partial charge in [0.25, 0.3) is 0 Å². The molecule has 1 saturated carbocycles. The maximum Gasteiger partial charge on any atom is 0.312 e. The molecule has 25 heavy (non-hydrogen) atoms. The molecule has 0 amide bonds. The van der Waals surface area contributed by atoms with Crippen LogP contribution in [-0.4, -0.2) is 24.3 Å². The molecule has 0 bridgehead atoms. The number of methoxy groups -OCH3 is 1. The zero-order chi connectivity index (χ0) is 18.1. The van der Waals surface area contributed by atoms with Crippen LogP contribution in [0, 0.1) is 11.3 Å². The van der Waals surface area contributed by atoms with E-state index in [2.05, 4.69) is 33.8 Å². The van der Waals surface area contributed by atoms with E-state index >= 15 is 0 Å². The highest BCUT2D eigenvalue weighted by Crippen LogP contribution is 2.64. The summed E-state index contributed by atoms with van der Waals surface area (Å²) in [4.78, 5) is 12.7. The highest BCUT2D eigenvalue weighted by atomic mass is 16.6. The monoisotopic (exact) mass is 344 g/mol. The summed E-state index contributed by atoms with van der Waals surface area (Å²) >= 11 is 0. The quantitative estimate of drug-likeness (QED) is 0.817. The number of carbonyl (C=O) groups excluding carboxylic acids is 1. The minimum Gasteiger partial charge on any atom is -0.508 e. The molecular formula is C21H28O4. The predicted molar refractivity (Wildman–Crippen MR) is 94.6 cm³/mol. The Morgan fingerprint density at radius 1 is 1.24 bits per heavy atom. The summed E-state index contributed by atoms with van der Waals surface area (Å²) in [5.41, 5.74) is 2.49. The van der Waals surface area contributed by atoms with Crippen LogP contribution in [0.5, 0.6) is 5.75 Å². The van der Waals surface area contributed by atoms with Crippen LogP contribution in [0.3, 0.4) is 0 Å². The summed E-state index contributed by atoms with van der Waals surface area (Å²) in [7, 11) is 1.69. The van der Waals surface area contributed by atoms with Crippen molar-refractivity contribution >= 4 is 5.97 Å². The third-order valence-electron chi connectivity index (χ3n) is 7.10. The molecule has 1 saturated heterocycles. The van der Waals surface area contributed by atoms with Crippen LogP contribution >= 0.6 is 0 Å². The van der Waals surface area contributed by atoms with Crippen molar-refractivity contribution in [2.24, 2.45) is 11.3 Å². The Kier molecular flexibility index (Phi) is 3.53. The average molecular weight is 344 g/mol. The van der Waals surface area contributed by atoms with E-state index < -0.39 is 5.41 Å². The van der Waals surface area contributed by atoms with Gasteiger partial charge in [-0.05, 0) is 54.5 Å². The van der Waals surface area contributed by atoms with Gasteiger partial charge >= 0.3 is 5.97 Å². The van der Waals surface area contributed by atoms with Crippen molar-refractivity contribution in [3.8, 4) is 5.75 Å². The van der Waals surface area contributed by atoms with Gasteiger partial charge < -0.3 is 14.6 Å². The minimum atomic E-state index is -0.460. The fourth-order valence-electron chi connectivity index (χ4n) is 5.91. The van der Waals surface area contributed by atoms with E-state index in [1.165, 1.54) is 0 Å². The van der Waals surface area contributed by atoms with E-state index in [0.717, 1.165) is 36.0 Å². The van der Waals surface area contributed by atoms with Gasteiger partial charge in [0, 0.05) is 18.4 Å². The average Bonchev–Trinajstić information content (AvgIpc) is 2.81. The van der Waals surface area contributed by atoms with Gasteiger partial charge in [0.1, 0.15) is 18.0 Å². The number of hydrogen-bond acceptors (Lipinski definition) is 4. The molecule has 136 valence electrons. The zero-order valence-electron chi connectivity index (χ0n) is 15.8. The van der Waals surface area contributed by atoms with Crippen molar-refractivity contribution in [3.05, 3.63) is 28.8 Å². The second-order valence-electron chi connectivity index (χ2n) is 8.85. The number of esters is 1. The van der Waals surface area contributed by atoms with Gasteiger partial charge in [0.05, 0.1) is 5.41 Å². The van der Waals surface area contributed by atoms with E-state index in [4.69, 9.17) is 9.47 Å². The molecule has 2 aliphatic carbocycles. The van der Waals surface area contributed by atoms with Crippen LogP contribution in [0.25, 0.3) is 0 Å². The van der Waals surface area contributed by atoms with Gasteiger partial charge in [-0.1, -0.05) is 27.2 Å². The Hall–Kier alpha value is -1.55. The second-order valence-corrected chi connectivity index (χ2v) is 8.85. The normalized spacial score (nSPS) is 39.1. The van der Waals surface area contributed by atoms with Crippen LogP contribution in [0.4, 0.5) is 0 Å². The molecule has 1 aliphatic heterocycles. The largest absolute Gasteiger partial charge is 0.508 e. The Balaban J connectivity index is 1.98. The summed E-state index contributed by atoms with van der Waals surface area (Å²) in [5.74, 6) is 0.566. The number of fused-ring (bicyclic) bond motifs is 2. The Morgan fingerprint density at radius 2 is 1.92 bits per heavy atom. The number of ether oxygens (including phenoxy) is 2. The Bertz CT molecular complexity index is 740. The summed E-state index contributed by atoms with van der Waals surface area (Å²) < 4.78 is 11.8. The van der Waals surface area contributed by atoms with E-state index in [9.17, 15) is 9.90 Å². The van der Waals surface area contributed by atoms with Gasteiger partial charge in [-0.15, -0.1) is 0 Å². The summed E-state index contributed by atoms with van der Waals surface area (Å²) in [6, 6.07) is 4.00. The molecule has 1 aromatic carbocycles. The smallest absolute Gasteiger partial charge is 0.312 e. The van der Waals surface area contributed by atoms with Crippen molar-refractivity contribution in [2.75, 3.05) is 7.11 Å². The van der Waals surface area contributed by atoms with Gasteiger partial charge in [0.2, 0.25) is 0 Å². The SMILES string of the molecule is CO[C@@H]1c2cc(C(C)C)c(O)cc2[C@@]2(C)CCC[C@@]3(C)C(=O)O[C@@H]1[C@@H]32. The third kappa shape index (κ3) is 2.00. The van der Waals surface area contributed by atoms with Gasteiger partial charge in [-0.25, -0.2) is 0 Å². The summed E-state index contributed by atoms with van der Waals surface area (Å²) in [6.45, 7) is 8.44. The molecule has 4 heteroatoms. The van der Waals surface area contributed by atoms with Gasteiger partial charge in [-0.3, -0.25) is 4.79 Å². The highest BCUT2D eigenvalue weighted by molar-refractivity contribution is 5.81. The lowest BCUT2D eigenvalue weighted by Gasteiger charge is -2.53. The standard InChI is InChI=1S/C21H28O4/c1-11(2)12-9-13-14(10-15(12)22)20(3)7-6-8-21(4)18(20)17(16(13)24-5)25-19(21)23/h9-11,16-18,22H,6-8H2,1-5H3/t16-,17+,18-,20-,21-/m1/s1. The van der Waals surface area contributed by atoms with Crippen LogP contribution < -0.4 is 0 Å². The molecule has 3 aliphatic rings. The maximum atomic E-state index is 12.7. The molecular weight excluding hydrogens is 316 g/mol. The van der Waals surface area contributed by atoms with Gasteiger partial charge in [0.15, 0.2) is 0 Å². The lowest BCUT2D eigenvalue weighted by Crippen LogP contribution is -2.53. The van der Waals surface area contributed by atoms with Crippen molar-refractivity contribution in [2.45, 2.75) is 70.5 Å². The molecule has 0 unspecified atom stereocenters. The molecule has 1 N–H and O–H groups in total. The van der Waals surface area contributed by atoms with Crippen molar-refractivity contribution < 1.29 is 19.4 Å². The number of hydrogen-bond donors (Lipinski definition) is 1. The number of rotatable bonds is 2. The predicted octanol–water partition coefficient (Wildman–Crippen LogP) is 4.21. The third-order valence-corrected chi connectivity index (χ3v) is 7.10. The number of phenols is 1. The highest BCUT2D eigenvalue weighted by Gasteiger charge is 2.67. The molecule has 5 atom stereocenters. The number of phenolic OH excluding ortho intramolecular Hbond substituents is 1. The van der Waals surface area contributed by atoms with Crippen molar-refractivity contribution in [1.29, 1.82) is 0 Å². The maximum absolute atomic E-state index is 12.7. The number of aromatic hydroxyl groups is 1. The van der Waals surface area contributed by atoms with E-state index in [-0.39, 0.29) is 35.4 Å². The second kappa shape index (κ2) is 5.23. The first kappa shape index (κ1) is 16.9. The number of carbonyl (C=O) groups is 1. The molecule has 4 rings (SSSR count). The molecule has 0 aromatic heterocycles. The van der Waals surface area contributed by atoms with E-state index in [1.54, 1.807) is 7.11 Å². The lowest BCUT2D eigenvalue weighted by atomic mass is 9.49. The summed E-state index contributed by atoms with van der Waals surface area (Å²) in [5, 5.41) is 10.6. The first-order valence-corrected chi connectivity index (χ1v) is 9.35. The minimum absolute atomic E-state index is 0.0861. The topological polar surface area (TPSA) is 55.8 Å². The van der Waals surface area contributed by atoms with Crippen LogP contribution in [-0.2, 0) is 19.7 Å². The molecule has 0 spiro atoms. The van der Waals surface area contributed by atoms with Crippen molar-refractivity contribution in [1.82, 2.24) is 0 Å². The molecule has 1 aromatic rings. The van der Waals surface area contributed by atoms with E-state index in [0.29, 0.717) is 5.75 Å². The zero-order valence-corrected chi connectivity index (χ0v) is 15.8. The number of benzene rings is 1. The molecule has 4 nitrogen and oxygen atoms in total. The molecule has 1 heterocycles. The fourth-order valence-corrected chi connectivity index (χ4v) is 5.91. The first-order valence-electron chi connectivity index (χ1n) is 9.35. The van der Waals surface area contributed by atoms with Crippen LogP contribution in [0.1, 0.15) is 75.7 Å². The summed E-state index contributed by atoms with van der Waals surface area (Å²) in [6.07, 6.45) is 2.35. The van der Waals surface area contributed by atoms with Crippen molar-refractivity contribution in [3.63, 3.8) is 0 Å². The molecule has 2 fully saturated rings. The van der Waals surface area contributed by atoms with E-state index in [1.807, 2.05) is 6.07 Å². The lowest BCUT2D eigenvalue weighted by molar-refractivity contribution is -0.152.